The fraction of sp³-hybridized carbons (Fsp3) is 0.784. The Morgan fingerprint density at radius 2 is 0.755 bits per heavy atom. The number of unbranched alkanes of at least 4 members (excludes halogenated alkanes) is 13. The molecule has 294 valence electrons. The molecule has 0 aliphatic rings. The van der Waals surface area contributed by atoms with Crippen molar-refractivity contribution in [3.63, 3.8) is 0 Å². The Morgan fingerprint density at radius 1 is 0.531 bits per heavy atom. The van der Waals surface area contributed by atoms with Gasteiger partial charge in [0, 0.05) is 12.6 Å². The number of hydrogen-bond acceptors (Lipinski definition) is 10. The van der Waals surface area contributed by atoms with Crippen molar-refractivity contribution in [1.29, 1.82) is 0 Å². The zero-order valence-electron chi connectivity index (χ0n) is 32.1. The van der Waals surface area contributed by atoms with E-state index in [1.165, 1.54) is 115 Å². The van der Waals surface area contributed by atoms with Crippen molar-refractivity contribution in [3.05, 3.63) is 34.9 Å². The number of hydrogen-bond donors (Lipinski definition) is 10. The first-order valence-corrected chi connectivity index (χ1v) is 18.7. The van der Waals surface area contributed by atoms with Gasteiger partial charge in [-0.05, 0) is 103 Å². The van der Waals surface area contributed by atoms with Gasteiger partial charge in [0.25, 0.3) is 0 Å². The number of nitrogens with two attached hydrogens (primary N) is 8. The first kappa shape index (κ1) is 56.2. The van der Waals surface area contributed by atoms with Crippen LogP contribution in [0.25, 0.3) is 0 Å². The summed E-state index contributed by atoms with van der Waals surface area (Å²) in [5.41, 5.74) is 42.1. The Hall–Kier alpha value is -2.16. The summed E-state index contributed by atoms with van der Waals surface area (Å²) in [7, 11) is 0. The predicted molar refractivity (Wildman–Crippen MR) is 212 cm³/mol. The lowest BCUT2D eigenvalue weighted by molar-refractivity contribution is 0.0696. The number of carboxylic acids is 2. The zero-order chi connectivity index (χ0) is 38.6. The first-order chi connectivity index (χ1) is 23.5. The predicted octanol–water partition coefficient (Wildman–Crippen LogP) is 5.05. The van der Waals surface area contributed by atoms with Crippen LogP contribution in [0.5, 0.6) is 0 Å². The van der Waals surface area contributed by atoms with Crippen LogP contribution in [0, 0.1) is 6.92 Å². The van der Waals surface area contributed by atoms with Gasteiger partial charge in [-0.2, -0.15) is 0 Å². The molecule has 0 bridgehead atoms. The molecule has 0 aromatic heterocycles. The van der Waals surface area contributed by atoms with Gasteiger partial charge >= 0.3 is 11.9 Å². The van der Waals surface area contributed by atoms with Gasteiger partial charge < -0.3 is 56.1 Å². The molecule has 0 heterocycles. The third-order valence-electron chi connectivity index (χ3n) is 6.89. The fourth-order valence-electron chi connectivity index (χ4n) is 3.56. The molecular formula is C37H82N8O4. The van der Waals surface area contributed by atoms with Crippen LogP contribution in [0.2, 0.25) is 0 Å². The smallest absolute Gasteiger partial charge is 0.335 e. The summed E-state index contributed by atoms with van der Waals surface area (Å²) in [6, 6.07) is 4.34. The highest BCUT2D eigenvalue weighted by atomic mass is 16.4. The van der Waals surface area contributed by atoms with Crippen molar-refractivity contribution < 1.29 is 19.8 Å². The molecule has 12 heteroatoms. The number of benzene rings is 1. The monoisotopic (exact) mass is 703 g/mol. The van der Waals surface area contributed by atoms with E-state index in [0.717, 1.165) is 58.5 Å². The second kappa shape index (κ2) is 50.2. The highest BCUT2D eigenvalue weighted by Crippen LogP contribution is 2.13. The summed E-state index contributed by atoms with van der Waals surface area (Å²) < 4.78 is 0. The third kappa shape index (κ3) is 52.8. The van der Waals surface area contributed by atoms with Crippen molar-refractivity contribution in [2.75, 3.05) is 45.8 Å². The lowest BCUT2D eigenvalue weighted by Crippen LogP contribution is -2.25. The molecule has 0 aliphatic carbocycles. The van der Waals surface area contributed by atoms with E-state index in [1.54, 1.807) is 0 Å². The SMILES string of the molecule is CC(N)CN.CCCC.Cc1c(C(=O)O)cccc1C(=O)O.NCCCCCCCCCCCCN.NCCCCCCN.NCCCN. The molecule has 0 fully saturated rings. The maximum absolute atomic E-state index is 10.6. The highest BCUT2D eigenvalue weighted by molar-refractivity contribution is 5.96. The molecular weight excluding hydrogens is 620 g/mol. The van der Waals surface area contributed by atoms with Crippen LogP contribution in [-0.4, -0.2) is 74.0 Å². The Kier molecular flexibility index (Phi) is 57.6. The molecule has 49 heavy (non-hydrogen) atoms. The van der Waals surface area contributed by atoms with E-state index in [4.69, 9.17) is 56.1 Å². The Balaban J connectivity index is -0.000000169. The summed E-state index contributed by atoms with van der Waals surface area (Å²) in [5.74, 6) is -2.22. The lowest BCUT2D eigenvalue weighted by atomic mass is 10.0. The average Bonchev–Trinajstić information content (AvgIpc) is 3.09. The maximum Gasteiger partial charge on any atom is 0.335 e. The molecule has 0 saturated carbocycles. The van der Waals surface area contributed by atoms with E-state index in [9.17, 15) is 9.59 Å². The standard InChI is InChI=1S/C12H28N2.C9H8O4.C6H16N2.C4H10.2C3H10N2/c13-11-9-7-5-3-1-2-4-6-8-10-12-14;1-5-6(8(10)11)3-2-4-7(5)9(12)13;7-5-3-1-2-4-6-8;1-3-4-2;1-3(5)2-4;4-2-1-3-5/h1-14H2;2-4H,1H3,(H,10,11)(H,12,13);1-8H2;3-4H2,1-2H3;3H,2,4-5H2,1H3;1-5H2. The van der Waals surface area contributed by atoms with Gasteiger partial charge in [-0.3, -0.25) is 0 Å². The minimum Gasteiger partial charge on any atom is -0.478 e. The minimum atomic E-state index is -1.11. The van der Waals surface area contributed by atoms with Gasteiger partial charge in [-0.15, -0.1) is 0 Å². The highest BCUT2D eigenvalue weighted by Gasteiger charge is 2.13. The van der Waals surface area contributed by atoms with Crippen LogP contribution in [-0.2, 0) is 0 Å². The molecule has 0 radical (unpaired) electrons. The lowest BCUT2D eigenvalue weighted by Gasteiger charge is -2.03. The second-order valence-electron chi connectivity index (χ2n) is 11.8. The van der Waals surface area contributed by atoms with E-state index in [-0.39, 0.29) is 22.7 Å². The Bertz CT molecular complexity index is 733. The van der Waals surface area contributed by atoms with E-state index in [2.05, 4.69) is 13.8 Å². The minimum absolute atomic E-state index is 0.0277. The topological polar surface area (TPSA) is 283 Å². The summed E-state index contributed by atoms with van der Waals surface area (Å²) in [4.78, 5) is 21.2. The zero-order valence-corrected chi connectivity index (χ0v) is 32.1. The number of rotatable bonds is 22. The molecule has 1 aromatic rings. The van der Waals surface area contributed by atoms with Gasteiger partial charge in [0.15, 0.2) is 0 Å². The summed E-state index contributed by atoms with van der Waals surface area (Å²) in [6.07, 6.45) is 21.8. The van der Waals surface area contributed by atoms with Crippen molar-refractivity contribution in [3.8, 4) is 0 Å². The fourth-order valence-corrected chi connectivity index (χ4v) is 3.56. The van der Waals surface area contributed by atoms with Gasteiger partial charge in [0.05, 0.1) is 11.1 Å². The van der Waals surface area contributed by atoms with Gasteiger partial charge in [0.1, 0.15) is 0 Å². The Morgan fingerprint density at radius 3 is 0.898 bits per heavy atom. The second-order valence-corrected chi connectivity index (χ2v) is 11.8. The molecule has 1 atom stereocenters. The van der Waals surface area contributed by atoms with Gasteiger partial charge in [0.2, 0.25) is 0 Å². The van der Waals surface area contributed by atoms with E-state index in [0.29, 0.717) is 6.54 Å². The quantitative estimate of drug-likeness (QED) is 0.0710. The van der Waals surface area contributed by atoms with Crippen molar-refractivity contribution in [2.24, 2.45) is 45.9 Å². The maximum atomic E-state index is 10.6. The van der Waals surface area contributed by atoms with E-state index in [1.807, 2.05) is 6.92 Å². The summed E-state index contributed by atoms with van der Waals surface area (Å²) in [5, 5.41) is 17.4. The van der Waals surface area contributed by atoms with Gasteiger partial charge in [-0.1, -0.05) is 97.0 Å². The van der Waals surface area contributed by atoms with Crippen LogP contribution in [0.1, 0.15) is 156 Å². The number of carboxylic acid groups (broad SMARTS) is 2. The molecule has 18 N–H and O–H groups in total. The van der Waals surface area contributed by atoms with Crippen LogP contribution < -0.4 is 45.9 Å². The summed E-state index contributed by atoms with van der Waals surface area (Å²) >= 11 is 0. The van der Waals surface area contributed by atoms with Crippen LogP contribution >= 0.6 is 0 Å². The first-order valence-electron chi connectivity index (χ1n) is 18.7. The molecule has 1 unspecified atom stereocenters. The number of aromatic carboxylic acids is 2. The normalized spacial score (nSPS) is 10.2. The molecule has 0 aliphatic heterocycles. The van der Waals surface area contributed by atoms with Crippen LogP contribution in [0.4, 0.5) is 0 Å². The molecule has 0 amide bonds. The van der Waals surface area contributed by atoms with E-state index < -0.39 is 11.9 Å². The molecule has 0 spiro atoms. The van der Waals surface area contributed by atoms with Crippen LogP contribution in [0.3, 0.4) is 0 Å². The molecule has 1 aromatic carbocycles. The molecule has 12 nitrogen and oxygen atoms in total. The van der Waals surface area contributed by atoms with Crippen LogP contribution in [0.15, 0.2) is 18.2 Å². The summed E-state index contributed by atoms with van der Waals surface area (Å²) in [6.45, 7) is 13.1. The van der Waals surface area contributed by atoms with E-state index >= 15 is 0 Å². The van der Waals surface area contributed by atoms with Crippen molar-refractivity contribution in [1.82, 2.24) is 0 Å². The number of carbonyl (C=O) groups is 2. The Labute approximate surface area is 300 Å². The van der Waals surface area contributed by atoms with Gasteiger partial charge in [-0.25, -0.2) is 9.59 Å². The third-order valence-corrected chi connectivity index (χ3v) is 6.89. The largest absolute Gasteiger partial charge is 0.478 e. The molecule has 1 rings (SSSR count). The van der Waals surface area contributed by atoms with Crippen molar-refractivity contribution in [2.45, 2.75) is 143 Å². The van der Waals surface area contributed by atoms with Crippen molar-refractivity contribution >= 4 is 11.9 Å². The molecule has 0 saturated heterocycles. The average molecular weight is 703 g/mol.